The number of nitrogens with zero attached hydrogens (tertiary/aromatic N) is 3. The Morgan fingerprint density at radius 3 is 2.97 bits per heavy atom. The van der Waals surface area contributed by atoms with E-state index in [4.69, 9.17) is 9.47 Å². The molecule has 2 heterocycles. The van der Waals surface area contributed by atoms with E-state index in [2.05, 4.69) is 31.0 Å². The number of aromatic amines is 1. The van der Waals surface area contributed by atoms with Gasteiger partial charge in [-0.25, -0.2) is 10.5 Å². The van der Waals surface area contributed by atoms with Crippen molar-refractivity contribution >= 4 is 35.9 Å². The fraction of sp³-hybridized carbons (Fsp3) is 0.143. The van der Waals surface area contributed by atoms with Gasteiger partial charge in [0, 0.05) is 12.8 Å². The van der Waals surface area contributed by atoms with E-state index < -0.39 is 0 Å². The van der Waals surface area contributed by atoms with Crippen molar-refractivity contribution in [1.29, 1.82) is 0 Å². The number of ether oxygens (including phenoxy) is 2. The minimum absolute atomic E-state index is 0.119. The molecule has 0 atom stereocenters. The molecule has 1 amide bonds. The van der Waals surface area contributed by atoms with Gasteiger partial charge >= 0.3 is 0 Å². The first-order valence-electron chi connectivity index (χ1n) is 9.47. The maximum absolute atomic E-state index is 12.1. The number of fused-ring (bicyclic) bond motifs is 1. The number of amides is 1. The van der Waals surface area contributed by atoms with Crippen molar-refractivity contribution in [2.75, 3.05) is 18.0 Å². The first-order chi connectivity index (χ1) is 15.3. The molecule has 3 N–H and O–H groups in total. The van der Waals surface area contributed by atoms with E-state index in [-0.39, 0.29) is 18.5 Å². The monoisotopic (exact) mass is 436 g/mol. The molecule has 0 unspecified atom stereocenters. The molecule has 10 heteroatoms. The van der Waals surface area contributed by atoms with E-state index in [1.54, 1.807) is 6.21 Å². The van der Waals surface area contributed by atoms with Crippen LogP contribution < -0.4 is 20.2 Å². The minimum Gasteiger partial charge on any atom is -0.454 e. The maximum Gasteiger partial charge on any atom is 0.240 e. The third-order valence-electron chi connectivity index (χ3n) is 4.14. The van der Waals surface area contributed by atoms with Gasteiger partial charge < -0.3 is 14.8 Å². The van der Waals surface area contributed by atoms with Crippen LogP contribution in [0.4, 0.5) is 5.95 Å². The smallest absolute Gasteiger partial charge is 0.240 e. The van der Waals surface area contributed by atoms with Crippen LogP contribution in [-0.2, 0) is 11.3 Å². The van der Waals surface area contributed by atoms with E-state index in [1.165, 1.54) is 11.8 Å². The summed E-state index contributed by atoms with van der Waals surface area (Å²) in [6.07, 6.45) is 5.37. The number of aromatic nitrogens is 3. The number of H-pyrrole nitrogens is 1. The van der Waals surface area contributed by atoms with E-state index in [9.17, 15) is 4.79 Å². The first-order valence-corrected chi connectivity index (χ1v) is 10.5. The number of anilines is 1. The summed E-state index contributed by atoms with van der Waals surface area (Å²) in [5.74, 6) is 1.89. The number of rotatable bonds is 9. The number of carbonyl (C=O) groups excluding carboxylic acids is 1. The Balaban J connectivity index is 1.17. The highest BCUT2D eigenvalue weighted by Crippen LogP contribution is 2.32. The molecule has 0 fully saturated rings. The van der Waals surface area contributed by atoms with Crippen molar-refractivity contribution in [1.82, 2.24) is 20.5 Å². The van der Waals surface area contributed by atoms with Crippen LogP contribution in [0.3, 0.4) is 0 Å². The van der Waals surface area contributed by atoms with Gasteiger partial charge in [-0.2, -0.15) is 10.1 Å². The lowest BCUT2D eigenvalue weighted by molar-refractivity contribution is -0.118. The lowest BCUT2D eigenvalue weighted by atomic mass is 10.2. The Morgan fingerprint density at radius 2 is 2.06 bits per heavy atom. The molecule has 0 aliphatic carbocycles. The fourth-order valence-electron chi connectivity index (χ4n) is 2.65. The number of thioether (sulfide) groups is 1. The van der Waals surface area contributed by atoms with Crippen molar-refractivity contribution in [3.63, 3.8) is 0 Å². The summed E-state index contributed by atoms with van der Waals surface area (Å²) >= 11 is 1.23. The largest absolute Gasteiger partial charge is 0.454 e. The highest BCUT2D eigenvalue weighted by atomic mass is 32.2. The van der Waals surface area contributed by atoms with Crippen molar-refractivity contribution in [3.8, 4) is 11.5 Å². The number of hydrogen-bond donors (Lipinski definition) is 3. The molecule has 3 aromatic rings. The van der Waals surface area contributed by atoms with Crippen molar-refractivity contribution in [2.45, 2.75) is 11.7 Å². The zero-order valence-corrected chi connectivity index (χ0v) is 17.3. The van der Waals surface area contributed by atoms with Crippen LogP contribution in [0.15, 0.2) is 64.9 Å². The molecule has 9 nitrogen and oxygen atoms in total. The molecule has 158 valence electrons. The summed E-state index contributed by atoms with van der Waals surface area (Å²) in [6, 6.07) is 15.5. The van der Waals surface area contributed by atoms with Gasteiger partial charge in [-0.15, -0.1) is 5.10 Å². The van der Waals surface area contributed by atoms with Crippen LogP contribution in [0, 0.1) is 0 Å². The number of hydrogen-bond acceptors (Lipinski definition) is 8. The highest BCUT2D eigenvalue weighted by Gasteiger charge is 2.13. The number of nitrogens with one attached hydrogen (secondary N) is 3. The molecule has 2 aromatic carbocycles. The van der Waals surface area contributed by atoms with Gasteiger partial charge in [-0.1, -0.05) is 54.2 Å². The summed E-state index contributed by atoms with van der Waals surface area (Å²) in [4.78, 5) is 16.3. The van der Waals surface area contributed by atoms with Gasteiger partial charge in [0.1, 0.15) is 0 Å². The van der Waals surface area contributed by atoms with Gasteiger partial charge in [-0.3, -0.25) is 4.79 Å². The lowest BCUT2D eigenvalue weighted by Crippen LogP contribution is -2.24. The predicted molar refractivity (Wildman–Crippen MR) is 119 cm³/mol. The quantitative estimate of drug-likeness (QED) is 0.268. The van der Waals surface area contributed by atoms with Crippen molar-refractivity contribution in [3.05, 3.63) is 65.7 Å². The van der Waals surface area contributed by atoms with Crippen molar-refractivity contribution in [2.24, 2.45) is 5.10 Å². The van der Waals surface area contributed by atoms with Crippen LogP contribution in [0.25, 0.3) is 6.08 Å². The van der Waals surface area contributed by atoms with Crippen LogP contribution in [0.2, 0.25) is 0 Å². The number of hydrazone groups is 1. The molecule has 0 saturated carbocycles. The number of benzene rings is 2. The average molecular weight is 436 g/mol. The van der Waals surface area contributed by atoms with Crippen LogP contribution in [-0.4, -0.2) is 39.8 Å². The Morgan fingerprint density at radius 1 is 1.19 bits per heavy atom. The SMILES string of the molecule is O=C(CSc1n[nH]c(N/N=C\C=C\c2ccccc2)n1)NCc1ccc2c(c1)OCO2. The number of allylic oxidation sites excluding steroid dienone is 1. The molecule has 1 aromatic heterocycles. The minimum atomic E-state index is -0.119. The second kappa shape index (κ2) is 10.3. The van der Waals surface area contributed by atoms with Crippen molar-refractivity contribution < 1.29 is 14.3 Å². The summed E-state index contributed by atoms with van der Waals surface area (Å²) < 4.78 is 10.6. The number of carbonyl (C=O) groups is 1. The Hall–Kier alpha value is -3.79. The maximum atomic E-state index is 12.1. The summed E-state index contributed by atoms with van der Waals surface area (Å²) in [6.45, 7) is 0.632. The summed E-state index contributed by atoms with van der Waals surface area (Å²) in [5, 5.41) is 14.2. The lowest BCUT2D eigenvalue weighted by Gasteiger charge is -2.05. The third kappa shape index (κ3) is 6.09. The molecule has 1 aliphatic rings. The summed E-state index contributed by atoms with van der Waals surface area (Å²) in [5.41, 5.74) is 4.78. The molecule has 0 radical (unpaired) electrons. The van der Waals surface area contributed by atoms with Gasteiger partial charge in [-0.05, 0) is 29.3 Å². The zero-order chi connectivity index (χ0) is 21.3. The molecule has 0 bridgehead atoms. The third-order valence-corrected chi connectivity index (χ3v) is 4.99. The van der Waals surface area contributed by atoms with Gasteiger partial charge in [0.25, 0.3) is 0 Å². The molecule has 0 spiro atoms. The van der Waals surface area contributed by atoms with Gasteiger partial charge in [0.15, 0.2) is 11.5 Å². The van der Waals surface area contributed by atoms with E-state index in [1.807, 2.05) is 60.7 Å². The van der Waals surface area contributed by atoms with Crippen LogP contribution in [0.5, 0.6) is 11.5 Å². The Kier molecular flexibility index (Phi) is 6.81. The molecule has 31 heavy (non-hydrogen) atoms. The van der Waals surface area contributed by atoms with E-state index in [0.717, 1.165) is 16.9 Å². The highest BCUT2D eigenvalue weighted by molar-refractivity contribution is 7.99. The van der Waals surface area contributed by atoms with E-state index >= 15 is 0 Å². The van der Waals surface area contributed by atoms with Crippen LogP contribution >= 0.6 is 11.8 Å². The molecule has 1 aliphatic heterocycles. The molecule has 0 saturated heterocycles. The first kappa shape index (κ1) is 20.5. The molecular weight excluding hydrogens is 416 g/mol. The molecular formula is C21H20N6O3S. The van der Waals surface area contributed by atoms with Crippen LogP contribution in [0.1, 0.15) is 11.1 Å². The normalized spacial score (nSPS) is 12.5. The second-order valence-corrected chi connectivity index (χ2v) is 7.32. The fourth-order valence-corrected chi connectivity index (χ4v) is 3.28. The summed E-state index contributed by atoms with van der Waals surface area (Å²) in [7, 11) is 0. The standard InChI is InChI=1S/C21H20N6O3S/c28-19(22-12-16-8-9-17-18(11-16)30-14-29-17)13-31-21-24-20(26-27-21)25-23-10-4-7-15-5-2-1-3-6-15/h1-11H,12-14H2,(H,22,28)(H2,24,25,26,27)/b7-4+,23-10-. The second-order valence-electron chi connectivity index (χ2n) is 6.38. The Labute approximate surface area is 182 Å². The van der Waals surface area contributed by atoms with E-state index in [0.29, 0.717) is 23.4 Å². The average Bonchev–Trinajstić information content (AvgIpc) is 3.45. The zero-order valence-electron chi connectivity index (χ0n) is 16.4. The Bertz CT molecular complexity index is 1080. The van der Waals surface area contributed by atoms with Gasteiger partial charge in [0.2, 0.25) is 23.8 Å². The topological polar surface area (TPSA) is 114 Å². The predicted octanol–water partition coefficient (Wildman–Crippen LogP) is 3.05. The molecule has 4 rings (SSSR count). The van der Waals surface area contributed by atoms with Gasteiger partial charge in [0.05, 0.1) is 5.75 Å².